The smallest absolute Gasteiger partial charge is 0.119 e. The number of unbranched alkanes of at least 4 members (excludes halogenated alkanes) is 12. The molecule has 3 rings (SSSR count). The van der Waals surface area contributed by atoms with Crippen LogP contribution >= 0.6 is 0 Å². The molecule has 0 N–H and O–H groups in total. The molecule has 2 nitrogen and oxygen atoms in total. The average molecular weight is 543 g/mol. The lowest BCUT2D eigenvalue weighted by molar-refractivity contribution is 0.0627. The van der Waals surface area contributed by atoms with Gasteiger partial charge >= 0.3 is 0 Å². The van der Waals surface area contributed by atoms with Crippen LogP contribution in [0.15, 0.2) is 72.8 Å². The fraction of sp³-hybridized carbons (Fsp3) is 0.526. The summed E-state index contributed by atoms with van der Waals surface area (Å²) < 4.78 is 12.2. The molecule has 0 saturated heterocycles. The normalized spacial score (nSPS) is 12.0. The number of ether oxygens (including phenoxy) is 2. The zero-order chi connectivity index (χ0) is 28.3. The minimum Gasteiger partial charge on any atom is -0.494 e. The van der Waals surface area contributed by atoms with Crippen molar-refractivity contribution in [2.75, 3.05) is 13.2 Å². The Bertz CT molecular complexity index is 1040. The first kappa shape index (κ1) is 31.9. The van der Waals surface area contributed by atoms with Gasteiger partial charge in [-0.3, -0.25) is 0 Å². The van der Waals surface area contributed by atoms with Gasteiger partial charge in [-0.2, -0.15) is 0 Å². The maximum Gasteiger partial charge on any atom is 0.119 e. The van der Waals surface area contributed by atoms with E-state index in [2.05, 4.69) is 93.6 Å². The summed E-state index contributed by atoms with van der Waals surface area (Å²) in [5.41, 5.74) is 6.19. The van der Waals surface area contributed by atoms with Gasteiger partial charge in [-0.25, -0.2) is 0 Å². The third kappa shape index (κ3) is 11.5. The maximum absolute atomic E-state index is 6.11. The summed E-state index contributed by atoms with van der Waals surface area (Å²) >= 11 is 0. The highest BCUT2D eigenvalue weighted by atomic mass is 16.5. The van der Waals surface area contributed by atoms with Crippen LogP contribution in [-0.2, 0) is 4.74 Å². The van der Waals surface area contributed by atoms with Crippen molar-refractivity contribution >= 4 is 0 Å². The Hall–Kier alpha value is -2.58. The molecular weight excluding hydrogens is 488 g/mol. The van der Waals surface area contributed by atoms with Crippen molar-refractivity contribution in [3.8, 4) is 28.0 Å². The fourth-order valence-electron chi connectivity index (χ4n) is 5.32. The summed E-state index contributed by atoms with van der Waals surface area (Å²) in [4.78, 5) is 0. The number of benzene rings is 3. The van der Waals surface area contributed by atoms with E-state index in [4.69, 9.17) is 9.47 Å². The van der Waals surface area contributed by atoms with E-state index in [-0.39, 0.29) is 6.10 Å². The molecule has 0 saturated carbocycles. The van der Waals surface area contributed by atoms with E-state index in [1.807, 2.05) is 0 Å². The second-order valence-electron chi connectivity index (χ2n) is 11.3. The Balaban J connectivity index is 1.47. The molecule has 3 aromatic carbocycles. The maximum atomic E-state index is 6.11. The summed E-state index contributed by atoms with van der Waals surface area (Å²) in [7, 11) is 0. The lowest BCUT2D eigenvalue weighted by Crippen LogP contribution is -2.01. The molecule has 3 aromatic rings. The molecule has 218 valence electrons. The minimum absolute atomic E-state index is 0.124. The average Bonchev–Trinajstić information content (AvgIpc) is 3.00. The Morgan fingerprint density at radius 3 is 1.48 bits per heavy atom. The van der Waals surface area contributed by atoms with Crippen molar-refractivity contribution in [2.24, 2.45) is 0 Å². The molecule has 40 heavy (non-hydrogen) atoms. The topological polar surface area (TPSA) is 18.5 Å². The van der Waals surface area contributed by atoms with Crippen LogP contribution in [-0.4, -0.2) is 13.2 Å². The van der Waals surface area contributed by atoms with Gasteiger partial charge in [-0.05, 0) is 59.7 Å². The van der Waals surface area contributed by atoms with Crippen molar-refractivity contribution in [3.05, 3.63) is 78.4 Å². The molecule has 0 amide bonds. The highest BCUT2D eigenvalue weighted by Gasteiger charge is 2.10. The second kappa shape index (κ2) is 19.5. The molecule has 0 aliphatic rings. The van der Waals surface area contributed by atoms with Gasteiger partial charge in [0.1, 0.15) is 5.75 Å². The summed E-state index contributed by atoms with van der Waals surface area (Å²) in [6.07, 6.45) is 18.5. The first-order valence-electron chi connectivity index (χ1n) is 16.3. The number of hydrogen-bond acceptors (Lipinski definition) is 2. The van der Waals surface area contributed by atoms with Crippen LogP contribution in [0.1, 0.15) is 122 Å². The van der Waals surface area contributed by atoms with Crippen molar-refractivity contribution in [1.29, 1.82) is 0 Å². The molecule has 0 spiro atoms. The molecule has 0 radical (unpaired) electrons. The van der Waals surface area contributed by atoms with E-state index >= 15 is 0 Å². The molecule has 1 atom stereocenters. The number of rotatable bonds is 21. The zero-order valence-corrected chi connectivity index (χ0v) is 25.6. The molecule has 0 aliphatic carbocycles. The molecule has 0 aromatic heterocycles. The van der Waals surface area contributed by atoms with E-state index in [0.29, 0.717) is 0 Å². The molecule has 2 heteroatoms. The van der Waals surface area contributed by atoms with E-state index in [1.54, 1.807) is 0 Å². The second-order valence-corrected chi connectivity index (χ2v) is 11.3. The van der Waals surface area contributed by atoms with Crippen LogP contribution in [0, 0.1) is 0 Å². The standard InChI is InChI=1S/C38H54O2/c1-4-6-8-10-11-12-13-15-19-31-40-36-28-26-35(27-29-36)38-21-17-16-20-37(38)34-24-22-33(23-25-34)32(3)39-30-18-14-9-7-5-2/h16-17,20-29,32H,4-15,18-19,30-31H2,1-3H3. The van der Waals surface area contributed by atoms with Gasteiger partial charge in [0.25, 0.3) is 0 Å². The van der Waals surface area contributed by atoms with E-state index in [1.165, 1.54) is 105 Å². The Morgan fingerprint density at radius 2 is 0.950 bits per heavy atom. The fourth-order valence-corrected chi connectivity index (χ4v) is 5.32. The van der Waals surface area contributed by atoms with Crippen LogP contribution in [0.25, 0.3) is 22.3 Å². The highest BCUT2D eigenvalue weighted by molar-refractivity contribution is 5.83. The quantitative estimate of drug-likeness (QED) is 0.125. The highest BCUT2D eigenvalue weighted by Crippen LogP contribution is 2.33. The van der Waals surface area contributed by atoms with E-state index in [9.17, 15) is 0 Å². The van der Waals surface area contributed by atoms with E-state index in [0.717, 1.165) is 31.8 Å². The Labute approximate surface area is 245 Å². The van der Waals surface area contributed by atoms with Gasteiger partial charge in [0.05, 0.1) is 12.7 Å². The van der Waals surface area contributed by atoms with Crippen molar-refractivity contribution in [1.82, 2.24) is 0 Å². The van der Waals surface area contributed by atoms with E-state index < -0.39 is 0 Å². The third-order valence-electron chi connectivity index (χ3n) is 7.92. The van der Waals surface area contributed by atoms with Crippen molar-refractivity contribution in [3.63, 3.8) is 0 Å². The van der Waals surface area contributed by atoms with Crippen LogP contribution in [0.2, 0.25) is 0 Å². The summed E-state index contributed by atoms with van der Waals surface area (Å²) in [6.45, 7) is 8.34. The molecule has 1 unspecified atom stereocenters. The molecule has 0 aliphatic heterocycles. The summed E-state index contributed by atoms with van der Waals surface area (Å²) in [6, 6.07) is 26.2. The van der Waals surface area contributed by atoms with Crippen LogP contribution in [0.5, 0.6) is 5.75 Å². The predicted octanol–water partition coefficient (Wildman–Crippen LogP) is 12.0. The first-order valence-corrected chi connectivity index (χ1v) is 16.3. The van der Waals surface area contributed by atoms with Gasteiger partial charge in [0, 0.05) is 6.61 Å². The van der Waals surface area contributed by atoms with Crippen LogP contribution in [0.4, 0.5) is 0 Å². The lowest BCUT2D eigenvalue weighted by atomic mass is 9.94. The van der Waals surface area contributed by atoms with Crippen LogP contribution < -0.4 is 4.74 Å². The molecular formula is C38H54O2. The van der Waals surface area contributed by atoms with Gasteiger partial charge in [0.15, 0.2) is 0 Å². The van der Waals surface area contributed by atoms with Crippen molar-refractivity contribution in [2.45, 2.75) is 117 Å². The Kier molecular flexibility index (Phi) is 15.6. The lowest BCUT2D eigenvalue weighted by Gasteiger charge is -2.15. The first-order chi connectivity index (χ1) is 19.7. The zero-order valence-electron chi connectivity index (χ0n) is 25.6. The van der Waals surface area contributed by atoms with Gasteiger partial charge in [0.2, 0.25) is 0 Å². The molecule has 0 fully saturated rings. The minimum atomic E-state index is 0.124. The molecule has 0 heterocycles. The van der Waals surface area contributed by atoms with Gasteiger partial charge in [-0.1, -0.05) is 152 Å². The predicted molar refractivity (Wildman–Crippen MR) is 173 cm³/mol. The third-order valence-corrected chi connectivity index (χ3v) is 7.92. The molecule has 0 bridgehead atoms. The summed E-state index contributed by atoms with van der Waals surface area (Å²) in [5, 5.41) is 0. The van der Waals surface area contributed by atoms with Gasteiger partial charge in [-0.15, -0.1) is 0 Å². The SMILES string of the molecule is CCCCCCCCCCCOc1ccc(-c2ccccc2-c2ccc(C(C)OCCCCCCC)cc2)cc1. The Morgan fingerprint density at radius 1 is 0.500 bits per heavy atom. The van der Waals surface area contributed by atoms with Crippen molar-refractivity contribution < 1.29 is 9.47 Å². The largest absolute Gasteiger partial charge is 0.494 e. The summed E-state index contributed by atoms with van der Waals surface area (Å²) in [5.74, 6) is 0.963. The number of hydrogen-bond donors (Lipinski definition) is 0. The van der Waals surface area contributed by atoms with Gasteiger partial charge < -0.3 is 9.47 Å². The van der Waals surface area contributed by atoms with Crippen LogP contribution in [0.3, 0.4) is 0 Å². The monoisotopic (exact) mass is 542 g/mol.